The Hall–Kier alpha value is -2.41. The van der Waals surface area contributed by atoms with Crippen molar-refractivity contribution in [3.05, 3.63) is 40.7 Å². The molecule has 1 unspecified atom stereocenters. The molecule has 0 amide bonds. The summed E-state index contributed by atoms with van der Waals surface area (Å²) in [5, 5.41) is 12.9. The number of ether oxygens (including phenoxy) is 2. The van der Waals surface area contributed by atoms with Crippen LogP contribution in [0.25, 0.3) is 0 Å². The van der Waals surface area contributed by atoms with Crippen molar-refractivity contribution >= 4 is 5.69 Å². The topological polar surface area (TPSA) is 96.7 Å². The summed E-state index contributed by atoms with van der Waals surface area (Å²) in [5.74, 6) is 0.740. The number of oxazole rings is 1. The molecule has 0 aliphatic carbocycles. The third kappa shape index (κ3) is 2.94. The maximum Gasteiger partial charge on any atom is 0.416 e. The molecule has 0 aliphatic rings. The van der Waals surface area contributed by atoms with E-state index in [0.29, 0.717) is 17.2 Å². The van der Waals surface area contributed by atoms with Crippen LogP contribution in [-0.2, 0) is 0 Å². The minimum atomic E-state index is -0.969. The van der Waals surface area contributed by atoms with Gasteiger partial charge in [0.05, 0.1) is 14.2 Å². The van der Waals surface area contributed by atoms with Gasteiger partial charge in [0.1, 0.15) is 23.3 Å². The number of hydrogen-bond acceptors (Lipinski definition) is 6. The van der Waals surface area contributed by atoms with E-state index >= 15 is 0 Å². The van der Waals surface area contributed by atoms with Gasteiger partial charge < -0.3 is 24.3 Å². The summed E-state index contributed by atoms with van der Waals surface area (Å²) in [6.45, 7) is 0.136. The highest BCUT2D eigenvalue weighted by molar-refractivity contribution is 5.66. The molecular formula is C13H16N2O5. The summed E-state index contributed by atoms with van der Waals surface area (Å²) in [7, 11) is 3.09. The second kappa shape index (κ2) is 6.16. The molecule has 2 aromatic rings. The van der Waals surface area contributed by atoms with E-state index in [1.165, 1.54) is 6.20 Å². The largest absolute Gasteiger partial charge is 0.494 e. The highest BCUT2D eigenvalue weighted by atomic mass is 16.5. The molecule has 0 radical (unpaired) electrons. The zero-order chi connectivity index (χ0) is 14.5. The van der Waals surface area contributed by atoms with Crippen LogP contribution >= 0.6 is 0 Å². The molecule has 0 fully saturated rings. The van der Waals surface area contributed by atoms with Crippen molar-refractivity contribution in [3.63, 3.8) is 0 Å². The molecule has 1 aromatic carbocycles. The summed E-state index contributed by atoms with van der Waals surface area (Å²) >= 11 is 0. The van der Waals surface area contributed by atoms with E-state index in [9.17, 15) is 9.90 Å². The molecule has 0 saturated heterocycles. The third-order valence-corrected chi connectivity index (χ3v) is 2.77. The molecule has 108 valence electrons. The molecule has 20 heavy (non-hydrogen) atoms. The highest BCUT2D eigenvalue weighted by Gasteiger charge is 2.15. The Bertz CT molecular complexity index is 597. The number of nitrogens with one attached hydrogen (secondary N) is 2. The van der Waals surface area contributed by atoms with E-state index in [1.54, 1.807) is 32.4 Å². The van der Waals surface area contributed by atoms with Crippen molar-refractivity contribution in [2.45, 2.75) is 6.10 Å². The molecular weight excluding hydrogens is 264 g/mol. The Balaban J connectivity index is 2.12. The van der Waals surface area contributed by atoms with Crippen LogP contribution in [0.3, 0.4) is 0 Å². The standard InChI is InChI=1S/C13H16N2O5/c1-18-9-4-3-5-10(19-2)12(9)14-6-8(16)11-7-15-13(17)20-11/h3-5,7-8,14,16H,6H2,1-2H3,(H,15,17). The number of aromatic amines is 1. The number of methoxy groups -OCH3 is 2. The minimum Gasteiger partial charge on any atom is -0.494 e. The van der Waals surface area contributed by atoms with E-state index in [-0.39, 0.29) is 12.3 Å². The number of hydrogen-bond donors (Lipinski definition) is 3. The molecule has 0 bridgehead atoms. The average molecular weight is 280 g/mol. The molecule has 0 spiro atoms. The fourth-order valence-electron chi connectivity index (χ4n) is 1.78. The van der Waals surface area contributed by atoms with Gasteiger partial charge in [-0.2, -0.15) is 0 Å². The minimum absolute atomic E-state index is 0.136. The van der Waals surface area contributed by atoms with Gasteiger partial charge in [0.25, 0.3) is 0 Å². The summed E-state index contributed by atoms with van der Waals surface area (Å²) in [6, 6.07) is 5.34. The number of H-pyrrole nitrogens is 1. The molecule has 2 rings (SSSR count). The van der Waals surface area contributed by atoms with Crippen LogP contribution in [0.15, 0.2) is 33.6 Å². The maximum absolute atomic E-state index is 10.9. The van der Waals surface area contributed by atoms with Gasteiger partial charge >= 0.3 is 5.76 Å². The molecule has 0 saturated carbocycles. The van der Waals surface area contributed by atoms with E-state index in [4.69, 9.17) is 13.9 Å². The second-order valence-electron chi connectivity index (χ2n) is 4.01. The van der Waals surface area contributed by atoms with E-state index in [0.717, 1.165) is 0 Å². The summed E-state index contributed by atoms with van der Waals surface area (Å²) in [4.78, 5) is 13.2. The van der Waals surface area contributed by atoms with Gasteiger partial charge in [-0.05, 0) is 12.1 Å². The van der Waals surface area contributed by atoms with Crippen molar-refractivity contribution in [2.75, 3.05) is 26.1 Å². The molecule has 7 heteroatoms. The number of anilines is 1. The van der Waals surface area contributed by atoms with Crippen molar-refractivity contribution in [3.8, 4) is 11.5 Å². The van der Waals surface area contributed by atoms with Crippen LogP contribution in [0.5, 0.6) is 11.5 Å². The first-order valence-corrected chi connectivity index (χ1v) is 5.97. The lowest BCUT2D eigenvalue weighted by atomic mass is 10.2. The van der Waals surface area contributed by atoms with Gasteiger partial charge in [0, 0.05) is 12.7 Å². The van der Waals surface area contributed by atoms with E-state index in [1.807, 2.05) is 0 Å². The Morgan fingerprint density at radius 3 is 2.50 bits per heavy atom. The molecule has 1 heterocycles. The summed E-state index contributed by atoms with van der Waals surface area (Å²) < 4.78 is 15.2. The first-order valence-electron chi connectivity index (χ1n) is 5.97. The van der Waals surface area contributed by atoms with Gasteiger partial charge in [0.15, 0.2) is 5.76 Å². The summed E-state index contributed by atoms with van der Waals surface area (Å²) in [5.41, 5.74) is 0.620. The zero-order valence-corrected chi connectivity index (χ0v) is 11.2. The van der Waals surface area contributed by atoms with Gasteiger partial charge in [-0.3, -0.25) is 4.98 Å². The van der Waals surface area contributed by atoms with Crippen molar-refractivity contribution in [1.82, 2.24) is 4.98 Å². The van der Waals surface area contributed by atoms with Crippen molar-refractivity contribution in [1.29, 1.82) is 0 Å². The highest BCUT2D eigenvalue weighted by Crippen LogP contribution is 2.34. The summed E-state index contributed by atoms with van der Waals surface area (Å²) in [6.07, 6.45) is 0.359. The quantitative estimate of drug-likeness (QED) is 0.734. The lowest BCUT2D eigenvalue weighted by Gasteiger charge is -2.16. The number of aliphatic hydroxyl groups is 1. The van der Waals surface area contributed by atoms with Gasteiger partial charge in [-0.1, -0.05) is 6.07 Å². The maximum atomic E-state index is 10.9. The molecule has 7 nitrogen and oxygen atoms in total. The SMILES string of the molecule is COc1cccc(OC)c1NCC(O)c1c[nH]c(=O)o1. The Kier molecular flexibility index (Phi) is 4.31. The van der Waals surface area contributed by atoms with Crippen LogP contribution in [0.1, 0.15) is 11.9 Å². The Labute approximate surface area is 115 Å². The number of benzene rings is 1. The average Bonchev–Trinajstić information content (AvgIpc) is 2.90. The molecule has 3 N–H and O–H groups in total. The smallest absolute Gasteiger partial charge is 0.416 e. The lowest BCUT2D eigenvalue weighted by molar-refractivity contribution is 0.160. The van der Waals surface area contributed by atoms with Crippen molar-refractivity contribution in [2.24, 2.45) is 0 Å². The van der Waals surface area contributed by atoms with Gasteiger partial charge in [-0.15, -0.1) is 0 Å². The van der Waals surface area contributed by atoms with Gasteiger partial charge in [-0.25, -0.2) is 4.79 Å². The fourth-order valence-corrected chi connectivity index (χ4v) is 1.78. The zero-order valence-electron chi connectivity index (χ0n) is 11.2. The van der Waals surface area contributed by atoms with Crippen LogP contribution < -0.4 is 20.5 Å². The lowest BCUT2D eigenvalue weighted by Crippen LogP contribution is -2.13. The second-order valence-corrected chi connectivity index (χ2v) is 4.01. The Morgan fingerprint density at radius 1 is 1.35 bits per heavy atom. The number of aliphatic hydroxyl groups excluding tert-OH is 1. The van der Waals surface area contributed by atoms with Gasteiger partial charge in [0.2, 0.25) is 0 Å². The molecule has 1 atom stereocenters. The fraction of sp³-hybridized carbons (Fsp3) is 0.308. The Morgan fingerprint density at radius 2 is 2.00 bits per heavy atom. The van der Waals surface area contributed by atoms with Crippen LogP contribution in [0.2, 0.25) is 0 Å². The predicted molar refractivity (Wildman–Crippen MR) is 72.3 cm³/mol. The van der Waals surface area contributed by atoms with Crippen LogP contribution in [0.4, 0.5) is 5.69 Å². The van der Waals surface area contributed by atoms with Crippen LogP contribution in [0, 0.1) is 0 Å². The van der Waals surface area contributed by atoms with Crippen LogP contribution in [-0.4, -0.2) is 30.9 Å². The number of aromatic nitrogens is 1. The number of para-hydroxylation sites is 1. The van der Waals surface area contributed by atoms with Crippen molar-refractivity contribution < 1.29 is 19.0 Å². The first-order chi connectivity index (χ1) is 9.65. The first kappa shape index (κ1) is 14.0. The number of rotatable bonds is 6. The molecule has 0 aliphatic heterocycles. The third-order valence-electron chi connectivity index (χ3n) is 2.77. The van der Waals surface area contributed by atoms with E-state index < -0.39 is 11.9 Å². The monoisotopic (exact) mass is 280 g/mol. The van der Waals surface area contributed by atoms with E-state index in [2.05, 4.69) is 10.3 Å². The predicted octanol–water partition coefficient (Wildman–Crippen LogP) is 1.13. The molecule has 1 aromatic heterocycles. The normalized spacial score (nSPS) is 11.9.